The van der Waals surface area contributed by atoms with Crippen molar-refractivity contribution in [3.05, 3.63) is 59.0 Å². The number of alkyl halides is 3. The van der Waals surface area contributed by atoms with Crippen molar-refractivity contribution in [2.45, 2.75) is 12.2 Å². The molecule has 1 unspecified atom stereocenters. The van der Waals surface area contributed by atoms with Crippen molar-refractivity contribution in [1.29, 1.82) is 0 Å². The number of ether oxygens (including phenoxy) is 1. The molecule has 0 radical (unpaired) electrons. The summed E-state index contributed by atoms with van der Waals surface area (Å²) in [5.41, 5.74) is -0.187. The fourth-order valence-corrected chi connectivity index (χ4v) is 2.29. The Bertz CT molecular complexity index is 568. The summed E-state index contributed by atoms with van der Waals surface area (Å²) in [7, 11) is 1.66. The summed E-state index contributed by atoms with van der Waals surface area (Å²) in [5.74, 6) is 0.367. The predicted octanol–water partition coefficient (Wildman–Crippen LogP) is 4.39. The van der Waals surface area contributed by atoms with E-state index in [1.807, 2.05) is 0 Å². The molecule has 1 atom stereocenters. The third-order valence-electron chi connectivity index (χ3n) is 3.31. The van der Waals surface area contributed by atoms with Crippen LogP contribution in [0, 0.1) is 0 Å². The third kappa shape index (κ3) is 2.63. The van der Waals surface area contributed by atoms with Gasteiger partial charge in [0.2, 0.25) is 0 Å². The Morgan fingerprint density at radius 2 is 2.00 bits per heavy atom. The molecule has 1 heterocycles. The van der Waals surface area contributed by atoms with Gasteiger partial charge >= 0.3 is 6.18 Å². The van der Waals surface area contributed by atoms with E-state index in [0.29, 0.717) is 11.5 Å². The number of nitrogens with zero attached hydrogens (tertiary/aromatic N) is 1. The predicted molar refractivity (Wildman–Crippen MR) is 71.2 cm³/mol. The number of rotatable bonds is 1. The molecule has 1 saturated heterocycles. The van der Waals surface area contributed by atoms with Crippen LogP contribution in [0.3, 0.4) is 0 Å². The topological polar surface area (TPSA) is 12.5 Å². The van der Waals surface area contributed by atoms with E-state index in [1.54, 1.807) is 11.9 Å². The number of likely N-dealkylation sites (N-methyl/N-ethyl adjacent to an activating group) is 1. The summed E-state index contributed by atoms with van der Waals surface area (Å²) in [6, 6.07) is 3.15. The molecule has 6 heteroatoms. The van der Waals surface area contributed by atoms with Crippen LogP contribution in [-0.2, 0) is 10.9 Å². The lowest BCUT2D eigenvalue weighted by Gasteiger charge is -2.38. The van der Waals surface area contributed by atoms with Crippen LogP contribution in [-0.4, -0.2) is 18.6 Å². The van der Waals surface area contributed by atoms with E-state index in [1.165, 1.54) is 12.1 Å². The zero-order chi connectivity index (χ0) is 15.1. The Balaban J connectivity index is 2.48. The molecule has 20 heavy (non-hydrogen) atoms. The molecule has 2 nitrogen and oxygen atoms in total. The van der Waals surface area contributed by atoms with E-state index >= 15 is 0 Å². The van der Waals surface area contributed by atoms with Crippen molar-refractivity contribution < 1.29 is 17.9 Å². The highest BCUT2D eigenvalue weighted by atomic mass is 35.5. The largest absolute Gasteiger partial charge is 0.490 e. The van der Waals surface area contributed by atoms with E-state index in [2.05, 4.69) is 13.2 Å². The number of benzene rings is 1. The van der Waals surface area contributed by atoms with Crippen LogP contribution in [0.15, 0.2) is 42.8 Å². The van der Waals surface area contributed by atoms with Crippen LogP contribution in [0.25, 0.3) is 0 Å². The zero-order valence-corrected chi connectivity index (χ0v) is 11.6. The van der Waals surface area contributed by atoms with Gasteiger partial charge in [0.15, 0.2) is 0 Å². The SMILES string of the molecule is C=C1OCC(c2ccc(Cl)cc2C(F)(F)F)N(C)C1=C. The fourth-order valence-electron chi connectivity index (χ4n) is 2.12. The smallest absolute Gasteiger partial charge is 0.416 e. The summed E-state index contributed by atoms with van der Waals surface area (Å²) >= 11 is 5.67. The molecule has 0 N–H and O–H groups in total. The Hall–Kier alpha value is -1.62. The Morgan fingerprint density at radius 3 is 2.60 bits per heavy atom. The molecular weight excluding hydrogens is 291 g/mol. The third-order valence-corrected chi connectivity index (χ3v) is 3.55. The molecular formula is C14H13ClF3NO. The van der Waals surface area contributed by atoms with Crippen molar-refractivity contribution in [1.82, 2.24) is 4.90 Å². The van der Waals surface area contributed by atoms with E-state index in [9.17, 15) is 13.2 Å². The average Bonchev–Trinajstić information content (AvgIpc) is 2.36. The molecule has 2 rings (SSSR count). The van der Waals surface area contributed by atoms with Gasteiger partial charge in [0.05, 0.1) is 17.3 Å². The molecule has 0 bridgehead atoms. The average molecular weight is 304 g/mol. The first-order chi connectivity index (χ1) is 9.21. The maximum Gasteiger partial charge on any atom is 0.416 e. The normalized spacial score (nSPS) is 20.1. The van der Waals surface area contributed by atoms with Gasteiger partial charge in [-0.2, -0.15) is 13.2 Å². The molecule has 1 aliphatic rings. The number of hydrogen-bond donors (Lipinski definition) is 0. The van der Waals surface area contributed by atoms with E-state index in [-0.39, 0.29) is 17.2 Å². The Kier molecular flexibility index (Phi) is 3.73. The lowest BCUT2D eigenvalue weighted by molar-refractivity contribution is -0.139. The van der Waals surface area contributed by atoms with Gasteiger partial charge < -0.3 is 9.64 Å². The molecule has 108 valence electrons. The number of morpholine rings is 1. The minimum atomic E-state index is -4.48. The molecule has 1 aliphatic heterocycles. The zero-order valence-electron chi connectivity index (χ0n) is 10.8. The van der Waals surface area contributed by atoms with Crippen LogP contribution in [0.2, 0.25) is 5.02 Å². The van der Waals surface area contributed by atoms with E-state index in [4.69, 9.17) is 16.3 Å². The molecule has 1 aromatic carbocycles. The van der Waals surface area contributed by atoms with Crippen LogP contribution in [0.5, 0.6) is 0 Å². The highest BCUT2D eigenvalue weighted by Gasteiger charge is 2.38. The van der Waals surface area contributed by atoms with Crippen LogP contribution in [0.4, 0.5) is 13.2 Å². The first kappa shape index (κ1) is 14.8. The molecule has 1 aromatic rings. The quantitative estimate of drug-likeness (QED) is 0.763. The van der Waals surface area contributed by atoms with Crippen molar-refractivity contribution in [3.8, 4) is 0 Å². The van der Waals surface area contributed by atoms with Crippen LogP contribution < -0.4 is 0 Å². The van der Waals surface area contributed by atoms with Crippen molar-refractivity contribution in [2.75, 3.05) is 13.7 Å². The molecule has 0 amide bonds. The standard InChI is InChI=1S/C14H13ClF3NO/c1-8-9(2)20-7-13(19(8)3)11-5-4-10(15)6-12(11)14(16,17)18/h4-6,13H,1-2,7H2,3H3. The van der Waals surface area contributed by atoms with Gasteiger partial charge in [0.1, 0.15) is 12.4 Å². The van der Waals surface area contributed by atoms with Gasteiger partial charge in [0, 0.05) is 12.1 Å². The van der Waals surface area contributed by atoms with E-state index in [0.717, 1.165) is 6.07 Å². The molecule has 0 aliphatic carbocycles. The van der Waals surface area contributed by atoms with Gasteiger partial charge in [-0.05, 0) is 17.7 Å². The molecule has 0 saturated carbocycles. The fraction of sp³-hybridized carbons (Fsp3) is 0.286. The summed E-state index contributed by atoms with van der Waals surface area (Å²) in [6.07, 6.45) is -4.48. The maximum atomic E-state index is 13.1. The summed E-state index contributed by atoms with van der Waals surface area (Å²) in [4.78, 5) is 1.63. The van der Waals surface area contributed by atoms with Crippen molar-refractivity contribution in [3.63, 3.8) is 0 Å². The molecule has 0 spiro atoms. The maximum absolute atomic E-state index is 13.1. The summed E-state index contributed by atoms with van der Waals surface area (Å²) < 4.78 is 44.7. The summed E-state index contributed by atoms with van der Waals surface area (Å²) in [5, 5.41) is 0.0451. The van der Waals surface area contributed by atoms with Crippen LogP contribution in [0.1, 0.15) is 17.2 Å². The lowest BCUT2D eigenvalue weighted by Crippen LogP contribution is -2.34. The molecule has 1 fully saturated rings. The van der Waals surface area contributed by atoms with Gasteiger partial charge in [-0.15, -0.1) is 0 Å². The van der Waals surface area contributed by atoms with Crippen LogP contribution >= 0.6 is 11.6 Å². The second-order valence-corrected chi connectivity index (χ2v) is 4.97. The van der Waals surface area contributed by atoms with Crippen molar-refractivity contribution >= 4 is 11.6 Å². The second kappa shape index (κ2) is 5.05. The van der Waals surface area contributed by atoms with Crippen molar-refractivity contribution in [2.24, 2.45) is 0 Å². The lowest BCUT2D eigenvalue weighted by atomic mass is 9.98. The highest BCUT2D eigenvalue weighted by Crippen LogP contribution is 2.40. The number of halogens is 4. The molecule has 0 aromatic heterocycles. The minimum Gasteiger partial charge on any atom is -0.490 e. The van der Waals surface area contributed by atoms with Gasteiger partial charge in [0.25, 0.3) is 0 Å². The number of hydrogen-bond acceptors (Lipinski definition) is 2. The first-order valence-corrected chi connectivity index (χ1v) is 6.20. The highest BCUT2D eigenvalue weighted by molar-refractivity contribution is 6.30. The van der Waals surface area contributed by atoms with Gasteiger partial charge in [-0.25, -0.2) is 0 Å². The monoisotopic (exact) mass is 303 g/mol. The Labute approximate surface area is 120 Å². The van der Waals surface area contributed by atoms with Gasteiger partial charge in [-0.3, -0.25) is 0 Å². The Morgan fingerprint density at radius 1 is 1.35 bits per heavy atom. The van der Waals surface area contributed by atoms with E-state index < -0.39 is 17.8 Å². The minimum absolute atomic E-state index is 0.0451. The first-order valence-electron chi connectivity index (χ1n) is 5.82. The van der Waals surface area contributed by atoms with Gasteiger partial charge in [-0.1, -0.05) is 30.8 Å². The summed E-state index contributed by atoms with van der Waals surface area (Å²) in [6.45, 7) is 7.49. The second-order valence-electron chi connectivity index (χ2n) is 4.54.